The maximum Gasteiger partial charge on any atom is 0.185 e. The fraction of sp³-hybridized carbons (Fsp3) is 0.500. The van der Waals surface area contributed by atoms with Crippen molar-refractivity contribution in [2.45, 2.75) is 32.1 Å². The zero-order chi connectivity index (χ0) is 13.3. The fourth-order valence-electron chi connectivity index (χ4n) is 3.18. The van der Waals surface area contributed by atoms with Gasteiger partial charge in [-0.25, -0.2) is 0 Å². The lowest BCUT2D eigenvalue weighted by molar-refractivity contribution is 0.344. The van der Waals surface area contributed by atoms with Crippen molar-refractivity contribution >= 4 is 0 Å². The van der Waals surface area contributed by atoms with Gasteiger partial charge in [-0.05, 0) is 50.9 Å². The summed E-state index contributed by atoms with van der Waals surface area (Å²) in [7, 11) is 0. The van der Waals surface area contributed by atoms with Crippen LogP contribution in [-0.2, 0) is 5.41 Å². The summed E-state index contributed by atoms with van der Waals surface area (Å²) in [5.74, 6) is 0.820. The SMILES string of the molecule is Cc1ccc(C2(c3nn[nH]n3)CCNCC2)c(C)c1. The molecule has 5 heteroatoms. The van der Waals surface area contributed by atoms with E-state index in [4.69, 9.17) is 0 Å². The summed E-state index contributed by atoms with van der Waals surface area (Å²) in [6.45, 7) is 6.27. The van der Waals surface area contributed by atoms with Crippen LogP contribution < -0.4 is 5.32 Å². The van der Waals surface area contributed by atoms with E-state index in [9.17, 15) is 0 Å². The third kappa shape index (κ3) is 2.04. The molecule has 0 bridgehead atoms. The van der Waals surface area contributed by atoms with Crippen LogP contribution in [0.25, 0.3) is 0 Å². The van der Waals surface area contributed by atoms with E-state index in [1.165, 1.54) is 16.7 Å². The lowest BCUT2D eigenvalue weighted by atomic mass is 9.71. The van der Waals surface area contributed by atoms with Gasteiger partial charge in [0, 0.05) is 0 Å². The molecular weight excluding hydrogens is 238 g/mol. The highest BCUT2D eigenvalue weighted by Gasteiger charge is 2.40. The van der Waals surface area contributed by atoms with E-state index in [0.29, 0.717) is 0 Å². The van der Waals surface area contributed by atoms with E-state index in [2.05, 4.69) is 58.0 Å². The number of aromatic amines is 1. The van der Waals surface area contributed by atoms with Crippen molar-refractivity contribution in [3.05, 3.63) is 40.7 Å². The van der Waals surface area contributed by atoms with E-state index in [1.807, 2.05) is 0 Å². The molecule has 1 saturated heterocycles. The van der Waals surface area contributed by atoms with Crippen molar-refractivity contribution in [1.29, 1.82) is 0 Å². The van der Waals surface area contributed by atoms with Gasteiger partial charge in [-0.1, -0.05) is 29.0 Å². The molecule has 0 saturated carbocycles. The zero-order valence-corrected chi connectivity index (χ0v) is 11.4. The number of tetrazole rings is 1. The van der Waals surface area contributed by atoms with Crippen LogP contribution >= 0.6 is 0 Å². The van der Waals surface area contributed by atoms with Crippen LogP contribution in [0.5, 0.6) is 0 Å². The van der Waals surface area contributed by atoms with Gasteiger partial charge in [-0.15, -0.1) is 10.2 Å². The number of aryl methyl sites for hydroxylation is 2. The van der Waals surface area contributed by atoms with Gasteiger partial charge < -0.3 is 5.32 Å². The standard InChI is InChI=1S/C14H19N5/c1-10-3-4-12(11(2)9-10)14(5-7-15-8-6-14)13-16-18-19-17-13/h3-4,9,15H,5-8H2,1-2H3,(H,16,17,18,19). The van der Waals surface area contributed by atoms with Gasteiger partial charge in [0.15, 0.2) is 5.82 Å². The first-order valence-corrected chi connectivity index (χ1v) is 6.75. The van der Waals surface area contributed by atoms with Gasteiger partial charge >= 0.3 is 0 Å². The number of hydrogen-bond donors (Lipinski definition) is 2. The second-order valence-electron chi connectivity index (χ2n) is 5.39. The van der Waals surface area contributed by atoms with E-state index in [1.54, 1.807) is 0 Å². The third-order valence-corrected chi connectivity index (χ3v) is 4.13. The minimum atomic E-state index is -0.101. The van der Waals surface area contributed by atoms with Crippen molar-refractivity contribution < 1.29 is 0 Å². The molecule has 1 fully saturated rings. The van der Waals surface area contributed by atoms with Crippen LogP contribution in [0.4, 0.5) is 0 Å². The molecule has 1 aliphatic heterocycles. The first-order valence-electron chi connectivity index (χ1n) is 6.75. The molecule has 1 aromatic heterocycles. The highest BCUT2D eigenvalue weighted by molar-refractivity contribution is 5.41. The third-order valence-electron chi connectivity index (χ3n) is 4.13. The molecule has 0 unspecified atom stereocenters. The summed E-state index contributed by atoms with van der Waals surface area (Å²) in [5.41, 5.74) is 3.84. The Morgan fingerprint density at radius 3 is 2.58 bits per heavy atom. The summed E-state index contributed by atoms with van der Waals surface area (Å²) in [6, 6.07) is 6.64. The number of rotatable bonds is 2. The molecule has 0 amide bonds. The Morgan fingerprint density at radius 1 is 1.16 bits per heavy atom. The van der Waals surface area contributed by atoms with Crippen LogP contribution in [0, 0.1) is 13.8 Å². The Labute approximate surface area is 112 Å². The molecule has 3 rings (SSSR count). The second-order valence-corrected chi connectivity index (χ2v) is 5.39. The Kier molecular flexibility index (Phi) is 3.06. The van der Waals surface area contributed by atoms with Crippen molar-refractivity contribution in [3.63, 3.8) is 0 Å². The van der Waals surface area contributed by atoms with Gasteiger partial charge in [-0.2, -0.15) is 5.21 Å². The first-order chi connectivity index (χ1) is 9.22. The Hall–Kier alpha value is -1.75. The van der Waals surface area contributed by atoms with Crippen LogP contribution in [0.1, 0.15) is 35.4 Å². The van der Waals surface area contributed by atoms with Crippen LogP contribution in [0.2, 0.25) is 0 Å². The number of benzene rings is 1. The molecule has 5 nitrogen and oxygen atoms in total. The molecule has 2 aromatic rings. The number of H-pyrrole nitrogens is 1. The number of piperidine rings is 1. The Balaban J connectivity index is 2.14. The van der Waals surface area contributed by atoms with Crippen molar-refractivity contribution in [3.8, 4) is 0 Å². The maximum atomic E-state index is 4.28. The van der Waals surface area contributed by atoms with Crippen LogP contribution in [0.15, 0.2) is 18.2 Å². The zero-order valence-electron chi connectivity index (χ0n) is 11.4. The molecule has 0 radical (unpaired) electrons. The molecule has 2 N–H and O–H groups in total. The molecule has 0 atom stereocenters. The Bertz CT molecular complexity index is 555. The topological polar surface area (TPSA) is 66.5 Å². The number of nitrogens with one attached hydrogen (secondary N) is 2. The summed E-state index contributed by atoms with van der Waals surface area (Å²) >= 11 is 0. The maximum absolute atomic E-state index is 4.28. The lowest BCUT2D eigenvalue weighted by Crippen LogP contribution is -2.42. The predicted octanol–water partition coefficient (Wildman–Crippen LogP) is 1.49. The van der Waals surface area contributed by atoms with Crippen LogP contribution in [0.3, 0.4) is 0 Å². The van der Waals surface area contributed by atoms with E-state index in [-0.39, 0.29) is 5.41 Å². The fourth-order valence-corrected chi connectivity index (χ4v) is 3.18. The molecule has 0 spiro atoms. The minimum Gasteiger partial charge on any atom is -0.317 e. The predicted molar refractivity (Wildman–Crippen MR) is 73.0 cm³/mol. The highest BCUT2D eigenvalue weighted by Crippen LogP contribution is 2.39. The number of nitrogens with zero attached hydrogens (tertiary/aromatic N) is 3. The summed E-state index contributed by atoms with van der Waals surface area (Å²) in [5, 5.41) is 18.3. The van der Waals surface area contributed by atoms with Crippen molar-refractivity contribution in [2.24, 2.45) is 0 Å². The average Bonchev–Trinajstić information content (AvgIpc) is 2.94. The van der Waals surface area contributed by atoms with Gasteiger partial charge in [0.05, 0.1) is 5.41 Å². The van der Waals surface area contributed by atoms with Crippen molar-refractivity contribution in [1.82, 2.24) is 25.9 Å². The highest BCUT2D eigenvalue weighted by atomic mass is 15.5. The monoisotopic (exact) mass is 257 g/mol. The number of hydrogen-bond acceptors (Lipinski definition) is 4. The van der Waals surface area contributed by atoms with E-state index < -0.39 is 0 Å². The minimum absolute atomic E-state index is 0.101. The van der Waals surface area contributed by atoms with Gasteiger partial charge in [0.2, 0.25) is 0 Å². The smallest absolute Gasteiger partial charge is 0.185 e. The quantitative estimate of drug-likeness (QED) is 0.855. The largest absolute Gasteiger partial charge is 0.317 e. The summed E-state index contributed by atoms with van der Waals surface area (Å²) < 4.78 is 0. The molecule has 0 aliphatic carbocycles. The van der Waals surface area contributed by atoms with Gasteiger partial charge in [0.25, 0.3) is 0 Å². The van der Waals surface area contributed by atoms with Gasteiger partial charge in [0.1, 0.15) is 0 Å². The molecule has 100 valence electrons. The summed E-state index contributed by atoms with van der Waals surface area (Å²) in [4.78, 5) is 0. The molecular formula is C14H19N5. The molecule has 1 aromatic carbocycles. The van der Waals surface area contributed by atoms with E-state index >= 15 is 0 Å². The summed E-state index contributed by atoms with van der Waals surface area (Å²) in [6.07, 6.45) is 2.02. The second kappa shape index (κ2) is 4.74. The van der Waals surface area contributed by atoms with Gasteiger partial charge in [-0.3, -0.25) is 0 Å². The Morgan fingerprint density at radius 2 is 1.95 bits per heavy atom. The van der Waals surface area contributed by atoms with Crippen molar-refractivity contribution in [2.75, 3.05) is 13.1 Å². The normalized spacial score (nSPS) is 18.4. The molecule has 2 heterocycles. The lowest BCUT2D eigenvalue weighted by Gasteiger charge is -2.36. The van der Waals surface area contributed by atoms with E-state index in [0.717, 1.165) is 31.8 Å². The molecule has 19 heavy (non-hydrogen) atoms. The molecule has 1 aliphatic rings. The average molecular weight is 257 g/mol. The number of aromatic nitrogens is 4. The first kappa shape index (κ1) is 12.3. The van der Waals surface area contributed by atoms with Crippen LogP contribution in [-0.4, -0.2) is 33.7 Å².